The van der Waals surface area contributed by atoms with Gasteiger partial charge >= 0.3 is 0 Å². The molecule has 1 amide bonds. The van der Waals surface area contributed by atoms with Crippen LogP contribution in [0.25, 0.3) is 0 Å². The van der Waals surface area contributed by atoms with Crippen LogP contribution in [0.5, 0.6) is 0 Å². The van der Waals surface area contributed by atoms with Crippen LogP contribution in [0, 0.1) is 0 Å². The SMILES string of the molecule is CCc1ccccc1CNC(=O)C(C)N. The fourth-order valence-electron chi connectivity index (χ4n) is 1.42. The van der Waals surface area contributed by atoms with Crippen molar-refractivity contribution in [3.05, 3.63) is 35.4 Å². The Labute approximate surface area is 90.7 Å². The smallest absolute Gasteiger partial charge is 0.236 e. The van der Waals surface area contributed by atoms with Gasteiger partial charge in [0.1, 0.15) is 0 Å². The van der Waals surface area contributed by atoms with Crippen molar-refractivity contribution in [1.82, 2.24) is 5.32 Å². The van der Waals surface area contributed by atoms with E-state index in [4.69, 9.17) is 5.73 Å². The van der Waals surface area contributed by atoms with E-state index < -0.39 is 6.04 Å². The number of amides is 1. The topological polar surface area (TPSA) is 55.1 Å². The minimum Gasteiger partial charge on any atom is -0.351 e. The maximum Gasteiger partial charge on any atom is 0.236 e. The maximum absolute atomic E-state index is 11.3. The van der Waals surface area contributed by atoms with Crippen LogP contribution >= 0.6 is 0 Å². The Bertz CT molecular complexity index is 334. The Morgan fingerprint density at radius 3 is 2.53 bits per heavy atom. The lowest BCUT2D eigenvalue weighted by Crippen LogP contribution is -2.37. The normalized spacial score (nSPS) is 12.2. The monoisotopic (exact) mass is 206 g/mol. The van der Waals surface area contributed by atoms with Gasteiger partial charge in [0.2, 0.25) is 5.91 Å². The quantitative estimate of drug-likeness (QED) is 0.778. The molecule has 1 rings (SSSR count). The summed E-state index contributed by atoms with van der Waals surface area (Å²) in [5, 5.41) is 2.81. The number of benzene rings is 1. The molecule has 15 heavy (non-hydrogen) atoms. The molecule has 0 radical (unpaired) electrons. The molecule has 3 nitrogen and oxygen atoms in total. The van der Waals surface area contributed by atoms with Crippen LogP contribution in [0.4, 0.5) is 0 Å². The van der Waals surface area contributed by atoms with Gasteiger partial charge in [0.15, 0.2) is 0 Å². The fourth-order valence-corrected chi connectivity index (χ4v) is 1.42. The van der Waals surface area contributed by atoms with E-state index in [1.54, 1.807) is 6.92 Å². The Balaban J connectivity index is 2.61. The first-order valence-corrected chi connectivity index (χ1v) is 5.25. The fraction of sp³-hybridized carbons (Fsp3) is 0.417. The van der Waals surface area contributed by atoms with E-state index in [9.17, 15) is 4.79 Å². The molecule has 1 atom stereocenters. The molecule has 0 fully saturated rings. The number of aryl methyl sites for hydroxylation is 1. The average Bonchev–Trinajstić information content (AvgIpc) is 2.26. The molecule has 1 aromatic rings. The predicted molar refractivity (Wildman–Crippen MR) is 61.3 cm³/mol. The number of nitrogens with one attached hydrogen (secondary N) is 1. The second-order valence-corrected chi connectivity index (χ2v) is 3.63. The van der Waals surface area contributed by atoms with Gasteiger partial charge in [-0.2, -0.15) is 0 Å². The highest BCUT2D eigenvalue weighted by Gasteiger charge is 2.07. The van der Waals surface area contributed by atoms with Gasteiger partial charge in [-0.3, -0.25) is 4.79 Å². The highest BCUT2D eigenvalue weighted by atomic mass is 16.2. The summed E-state index contributed by atoms with van der Waals surface area (Å²) < 4.78 is 0. The van der Waals surface area contributed by atoms with Gasteiger partial charge in [-0.1, -0.05) is 31.2 Å². The molecular formula is C12H18N2O. The molecule has 3 N–H and O–H groups in total. The Morgan fingerprint density at radius 1 is 1.40 bits per heavy atom. The van der Waals surface area contributed by atoms with Crippen molar-refractivity contribution in [1.29, 1.82) is 0 Å². The summed E-state index contributed by atoms with van der Waals surface area (Å²) in [4.78, 5) is 11.3. The van der Waals surface area contributed by atoms with Crippen LogP contribution < -0.4 is 11.1 Å². The highest BCUT2D eigenvalue weighted by Crippen LogP contribution is 2.08. The Kier molecular flexibility index (Phi) is 4.31. The van der Waals surface area contributed by atoms with E-state index in [0.717, 1.165) is 12.0 Å². The summed E-state index contributed by atoms with van der Waals surface area (Å²) in [5.41, 5.74) is 7.89. The third-order valence-electron chi connectivity index (χ3n) is 2.37. The van der Waals surface area contributed by atoms with Crippen molar-refractivity contribution in [2.24, 2.45) is 5.73 Å². The summed E-state index contributed by atoms with van der Waals surface area (Å²) in [6, 6.07) is 7.65. The van der Waals surface area contributed by atoms with Crippen LogP contribution in [-0.4, -0.2) is 11.9 Å². The standard InChI is InChI=1S/C12H18N2O/c1-3-10-6-4-5-7-11(10)8-14-12(15)9(2)13/h4-7,9H,3,8,13H2,1-2H3,(H,14,15). The molecule has 0 aliphatic heterocycles. The molecule has 0 spiro atoms. The van der Waals surface area contributed by atoms with Gasteiger partial charge in [0.05, 0.1) is 6.04 Å². The molecule has 0 bridgehead atoms. The molecule has 0 saturated carbocycles. The second-order valence-electron chi connectivity index (χ2n) is 3.63. The summed E-state index contributed by atoms with van der Waals surface area (Å²) in [5.74, 6) is -0.110. The van der Waals surface area contributed by atoms with Crippen molar-refractivity contribution in [3.8, 4) is 0 Å². The summed E-state index contributed by atoms with van der Waals surface area (Å²) >= 11 is 0. The lowest BCUT2D eigenvalue weighted by Gasteiger charge is -2.10. The molecule has 1 aromatic carbocycles. The van der Waals surface area contributed by atoms with E-state index in [-0.39, 0.29) is 5.91 Å². The van der Waals surface area contributed by atoms with E-state index in [2.05, 4.69) is 18.3 Å². The van der Waals surface area contributed by atoms with Gasteiger partial charge in [0, 0.05) is 6.54 Å². The number of hydrogen-bond donors (Lipinski definition) is 2. The number of rotatable bonds is 4. The minimum absolute atomic E-state index is 0.110. The van der Waals surface area contributed by atoms with E-state index >= 15 is 0 Å². The number of nitrogens with two attached hydrogens (primary N) is 1. The van der Waals surface area contributed by atoms with Crippen molar-refractivity contribution >= 4 is 5.91 Å². The molecular weight excluding hydrogens is 188 g/mol. The summed E-state index contributed by atoms with van der Waals surface area (Å²) in [6.45, 7) is 4.34. The zero-order valence-corrected chi connectivity index (χ0v) is 9.29. The van der Waals surface area contributed by atoms with Crippen molar-refractivity contribution in [2.75, 3.05) is 0 Å². The highest BCUT2D eigenvalue weighted by molar-refractivity contribution is 5.80. The predicted octanol–water partition coefficient (Wildman–Crippen LogP) is 1.21. The molecule has 0 heterocycles. The second kappa shape index (κ2) is 5.51. The largest absolute Gasteiger partial charge is 0.351 e. The van der Waals surface area contributed by atoms with Crippen LogP contribution in [0.3, 0.4) is 0 Å². The minimum atomic E-state index is -0.446. The first-order valence-electron chi connectivity index (χ1n) is 5.25. The number of carbonyl (C=O) groups excluding carboxylic acids is 1. The Hall–Kier alpha value is -1.35. The first kappa shape index (κ1) is 11.7. The van der Waals surface area contributed by atoms with E-state index in [1.165, 1.54) is 5.56 Å². The summed E-state index contributed by atoms with van der Waals surface area (Å²) in [6.07, 6.45) is 0.976. The van der Waals surface area contributed by atoms with Crippen molar-refractivity contribution < 1.29 is 4.79 Å². The maximum atomic E-state index is 11.3. The van der Waals surface area contributed by atoms with Gasteiger partial charge in [0.25, 0.3) is 0 Å². The van der Waals surface area contributed by atoms with E-state index in [1.807, 2.05) is 18.2 Å². The first-order chi connectivity index (χ1) is 7.15. The molecule has 0 saturated heterocycles. The van der Waals surface area contributed by atoms with Crippen molar-refractivity contribution in [3.63, 3.8) is 0 Å². The number of carbonyl (C=O) groups is 1. The molecule has 3 heteroatoms. The average molecular weight is 206 g/mol. The van der Waals surface area contributed by atoms with Gasteiger partial charge < -0.3 is 11.1 Å². The Morgan fingerprint density at radius 2 is 2.00 bits per heavy atom. The molecule has 0 aromatic heterocycles. The van der Waals surface area contributed by atoms with Crippen molar-refractivity contribution in [2.45, 2.75) is 32.9 Å². The number of hydrogen-bond acceptors (Lipinski definition) is 2. The van der Waals surface area contributed by atoms with E-state index in [0.29, 0.717) is 6.54 Å². The molecule has 0 aliphatic carbocycles. The van der Waals surface area contributed by atoms with Gasteiger partial charge in [-0.05, 0) is 24.5 Å². The summed E-state index contributed by atoms with van der Waals surface area (Å²) in [7, 11) is 0. The van der Waals surface area contributed by atoms with Gasteiger partial charge in [-0.25, -0.2) is 0 Å². The molecule has 1 unspecified atom stereocenters. The van der Waals surface area contributed by atoms with Gasteiger partial charge in [-0.15, -0.1) is 0 Å². The zero-order valence-electron chi connectivity index (χ0n) is 9.29. The zero-order chi connectivity index (χ0) is 11.3. The third-order valence-corrected chi connectivity index (χ3v) is 2.37. The third kappa shape index (κ3) is 3.36. The van der Waals surface area contributed by atoms with Crippen LogP contribution in [0.1, 0.15) is 25.0 Å². The lowest BCUT2D eigenvalue weighted by molar-refractivity contribution is -0.122. The lowest BCUT2D eigenvalue weighted by atomic mass is 10.1. The van der Waals surface area contributed by atoms with Crippen LogP contribution in [0.2, 0.25) is 0 Å². The molecule has 0 aliphatic rings. The van der Waals surface area contributed by atoms with Crippen LogP contribution in [0.15, 0.2) is 24.3 Å². The van der Waals surface area contributed by atoms with Crippen LogP contribution in [-0.2, 0) is 17.8 Å². The molecule has 82 valence electrons.